The Hall–Kier alpha value is -2.04. The van der Waals surface area contributed by atoms with E-state index < -0.39 is 0 Å². The third-order valence-electron chi connectivity index (χ3n) is 4.47. The largest absolute Gasteiger partial charge is 0.368 e. The predicted molar refractivity (Wildman–Crippen MR) is 101 cm³/mol. The maximum absolute atomic E-state index is 12.9. The second-order valence-electron chi connectivity index (χ2n) is 5.90. The van der Waals surface area contributed by atoms with Crippen LogP contribution in [0.25, 0.3) is 10.1 Å². The normalized spacial score (nSPS) is 15.0. The number of nitrogens with zero attached hydrogens (tertiary/aromatic N) is 2. The maximum Gasteiger partial charge on any atom is 0.255 e. The Labute approximate surface area is 150 Å². The van der Waals surface area contributed by atoms with Gasteiger partial charge in [-0.15, -0.1) is 11.3 Å². The number of benzene rings is 2. The van der Waals surface area contributed by atoms with Gasteiger partial charge < -0.3 is 9.80 Å². The Morgan fingerprint density at radius 1 is 0.958 bits per heavy atom. The van der Waals surface area contributed by atoms with Crippen molar-refractivity contribution in [2.45, 2.75) is 0 Å². The first-order valence-electron chi connectivity index (χ1n) is 7.98. The quantitative estimate of drug-likeness (QED) is 0.674. The zero-order valence-corrected chi connectivity index (χ0v) is 14.7. The highest BCUT2D eigenvalue weighted by Gasteiger charge is 2.24. The maximum atomic E-state index is 12.9. The summed E-state index contributed by atoms with van der Waals surface area (Å²) in [5, 5.41) is 3.79. The van der Waals surface area contributed by atoms with Gasteiger partial charge >= 0.3 is 0 Å². The average Bonchev–Trinajstić information content (AvgIpc) is 3.06. The van der Waals surface area contributed by atoms with Crippen LogP contribution in [0, 0.1) is 0 Å². The Morgan fingerprint density at radius 2 is 1.67 bits per heavy atom. The van der Waals surface area contributed by atoms with Crippen LogP contribution in [0.15, 0.2) is 53.9 Å². The lowest BCUT2D eigenvalue weighted by molar-refractivity contribution is 0.0749. The van der Waals surface area contributed by atoms with E-state index >= 15 is 0 Å². The molecule has 24 heavy (non-hydrogen) atoms. The van der Waals surface area contributed by atoms with E-state index in [4.69, 9.17) is 11.6 Å². The van der Waals surface area contributed by atoms with Gasteiger partial charge in [-0.25, -0.2) is 0 Å². The number of carbonyl (C=O) groups excluding carboxylic acids is 1. The summed E-state index contributed by atoms with van der Waals surface area (Å²) in [5.41, 5.74) is 1.99. The Kier molecular flexibility index (Phi) is 4.17. The molecular formula is C19H17ClN2OS. The van der Waals surface area contributed by atoms with Gasteiger partial charge in [0.15, 0.2) is 0 Å². The number of hydrogen-bond donors (Lipinski definition) is 0. The summed E-state index contributed by atoms with van der Waals surface area (Å²) < 4.78 is 1.17. The van der Waals surface area contributed by atoms with Gasteiger partial charge in [-0.2, -0.15) is 0 Å². The molecule has 1 saturated heterocycles. The molecule has 1 fully saturated rings. The summed E-state index contributed by atoms with van der Waals surface area (Å²) in [6.45, 7) is 3.17. The van der Waals surface area contributed by atoms with Crippen molar-refractivity contribution in [1.29, 1.82) is 0 Å². The second kappa shape index (κ2) is 6.46. The minimum atomic E-state index is 0.142. The van der Waals surface area contributed by atoms with Gasteiger partial charge in [-0.1, -0.05) is 29.8 Å². The summed E-state index contributed by atoms with van der Waals surface area (Å²) in [4.78, 5) is 17.1. The van der Waals surface area contributed by atoms with Crippen LogP contribution in [0.4, 0.5) is 5.69 Å². The van der Waals surface area contributed by atoms with Crippen LogP contribution < -0.4 is 4.90 Å². The van der Waals surface area contributed by atoms with Gasteiger partial charge in [-0.05, 0) is 30.3 Å². The van der Waals surface area contributed by atoms with E-state index in [1.54, 1.807) is 11.3 Å². The fourth-order valence-corrected chi connectivity index (χ4v) is 4.19. The molecule has 0 saturated carbocycles. The molecular weight excluding hydrogens is 340 g/mol. The van der Waals surface area contributed by atoms with E-state index in [0.29, 0.717) is 0 Å². The highest BCUT2D eigenvalue weighted by Crippen LogP contribution is 2.27. The lowest BCUT2D eigenvalue weighted by atomic mass is 10.1. The van der Waals surface area contributed by atoms with Crippen LogP contribution in [0.5, 0.6) is 0 Å². The molecule has 1 amide bonds. The van der Waals surface area contributed by atoms with Crippen LogP contribution in [-0.2, 0) is 0 Å². The molecule has 1 aromatic heterocycles. The number of carbonyl (C=O) groups is 1. The molecule has 1 aliphatic heterocycles. The monoisotopic (exact) mass is 356 g/mol. The van der Waals surface area contributed by atoms with Crippen molar-refractivity contribution in [2.24, 2.45) is 0 Å². The first-order valence-corrected chi connectivity index (χ1v) is 9.24. The summed E-state index contributed by atoms with van der Waals surface area (Å²) in [6.07, 6.45) is 0. The number of fused-ring (bicyclic) bond motifs is 1. The van der Waals surface area contributed by atoms with Gasteiger partial charge in [0.2, 0.25) is 0 Å². The first-order chi connectivity index (χ1) is 11.7. The fourth-order valence-electron chi connectivity index (χ4n) is 3.13. The summed E-state index contributed by atoms with van der Waals surface area (Å²) in [5.74, 6) is 0.142. The average molecular weight is 357 g/mol. The van der Waals surface area contributed by atoms with Gasteiger partial charge in [0.1, 0.15) is 0 Å². The van der Waals surface area contributed by atoms with Gasteiger partial charge in [0.05, 0.1) is 5.56 Å². The fraction of sp³-hybridized carbons (Fsp3) is 0.211. The molecule has 3 aromatic rings. The molecule has 0 aliphatic carbocycles. The number of thiophene rings is 1. The molecule has 4 rings (SSSR count). The SMILES string of the molecule is O=C(c1csc2ccccc12)N1CCN(c2ccc(Cl)cc2)CC1. The molecule has 122 valence electrons. The van der Waals surface area contributed by atoms with Crippen LogP contribution in [-0.4, -0.2) is 37.0 Å². The number of piperazine rings is 1. The van der Waals surface area contributed by atoms with Gasteiger partial charge in [0.25, 0.3) is 5.91 Å². The molecule has 0 atom stereocenters. The minimum Gasteiger partial charge on any atom is -0.368 e. The van der Waals surface area contributed by atoms with E-state index in [1.807, 2.05) is 52.7 Å². The van der Waals surface area contributed by atoms with E-state index in [9.17, 15) is 4.79 Å². The first kappa shape index (κ1) is 15.5. The van der Waals surface area contributed by atoms with Crippen LogP contribution >= 0.6 is 22.9 Å². The van der Waals surface area contributed by atoms with Crippen molar-refractivity contribution in [1.82, 2.24) is 4.90 Å². The molecule has 0 spiro atoms. The van der Waals surface area contributed by atoms with E-state index in [-0.39, 0.29) is 5.91 Å². The standard InChI is InChI=1S/C19H17ClN2OS/c20-14-5-7-15(8-6-14)21-9-11-22(12-10-21)19(23)17-13-24-18-4-2-1-3-16(17)18/h1-8,13H,9-12H2. The highest BCUT2D eigenvalue weighted by molar-refractivity contribution is 7.17. The van der Waals surface area contributed by atoms with E-state index in [2.05, 4.69) is 11.0 Å². The lowest BCUT2D eigenvalue weighted by Gasteiger charge is -2.36. The van der Waals surface area contributed by atoms with Crippen molar-refractivity contribution in [3.63, 3.8) is 0 Å². The number of amides is 1. The molecule has 3 nitrogen and oxygen atoms in total. The summed E-state index contributed by atoms with van der Waals surface area (Å²) in [6, 6.07) is 16.0. The molecule has 1 aliphatic rings. The molecule has 0 N–H and O–H groups in total. The summed E-state index contributed by atoms with van der Waals surface area (Å²) in [7, 11) is 0. The second-order valence-corrected chi connectivity index (χ2v) is 7.25. The number of hydrogen-bond acceptors (Lipinski definition) is 3. The lowest BCUT2D eigenvalue weighted by Crippen LogP contribution is -2.48. The molecule has 0 bridgehead atoms. The highest BCUT2D eigenvalue weighted by atomic mass is 35.5. The zero-order chi connectivity index (χ0) is 16.5. The zero-order valence-electron chi connectivity index (χ0n) is 13.1. The number of rotatable bonds is 2. The molecule has 5 heteroatoms. The summed E-state index contributed by atoms with van der Waals surface area (Å²) >= 11 is 7.58. The Balaban J connectivity index is 1.47. The van der Waals surface area contributed by atoms with Gasteiger partial charge in [-0.3, -0.25) is 4.79 Å². The molecule has 0 radical (unpaired) electrons. The van der Waals surface area contributed by atoms with E-state index in [0.717, 1.165) is 47.8 Å². The number of anilines is 1. The molecule has 2 heterocycles. The Bertz CT molecular complexity index is 866. The van der Waals surface area contributed by atoms with Crippen LogP contribution in [0.1, 0.15) is 10.4 Å². The van der Waals surface area contributed by atoms with Crippen LogP contribution in [0.3, 0.4) is 0 Å². The predicted octanol–water partition coefficient (Wildman–Crippen LogP) is 4.52. The van der Waals surface area contributed by atoms with Crippen molar-refractivity contribution >= 4 is 44.6 Å². The molecule has 0 unspecified atom stereocenters. The molecule has 2 aromatic carbocycles. The van der Waals surface area contributed by atoms with Crippen LogP contribution in [0.2, 0.25) is 5.02 Å². The Morgan fingerprint density at radius 3 is 2.42 bits per heavy atom. The third-order valence-corrected chi connectivity index (χ3v) is 5.69. The number of halogens is 1. The smallest absolute Gasteiger partial charge is 0.255 e. The third kappa shape index (κ3) is 2.87. The van der Waals surface area contributed by atoms with Crippen molar-refractivity contribution in [3.05, 3.63) is 64.5 Å². The van der Waals surface area contributed by atoms with Gasteiger partial charge in [0, 0.05) is 52.4 Å². The van der Waals surface area contributed by atoms with Crippen molar-refractivity contribution in [2.75, 3.05) is 31.1 Å². The topological polar surface area (TPSA) is 23.6 Å². The van der Waals surface area contributed by atoms with E-state index in [1.165, 1.54) is 4.70 Å². The van der Waals surface area contributed by atoms with Crippen molar-refractivity contribution in [3.8, 4) is 0 Å². The minimum absolute atomic E-state index is 0.142. The van der Waals surface area contributed by atoms with Crippen molar-refractivity contribution < 1.29 is 4.79 Å².